The first kappa shape index (κ1) is 19.1. The number of amides is 2. The Balaban J connectivity index is 2.05. The maximum Gasteiger partial charge on any atom is 0.269 e. The Bertz CT molecular complexity index is 775. The fourth-order valence-corrected chi connectivity index (χ4v) is 2.64. The molecule has 2 unspecified atom stereocenters. The average molecular weight is 355 g/mol. The number of nitrogens with one attached hydrogen (secondary N) is 2. The van der Waals surface area contributed by atoms with Crippen molar-refractivity contribution in [2.24, 2.45) is 5.92 Å². The molecule has 0 bridgehead atoms. The summed E-state index contributed by atoms with van der Waals surface area (Å²) < 4.78 is 0. The third-order valence-corrected chi connectivity index (χ3v) is 4.29. The number of rotatable bonds is 6. The summed E-state index contributed by atoms with van der Waals surface area (Å²) in [7, 11) is 0. The van der Waals surface area contributed by atoms with Crippen molar-refractivity contribution in [2.75, 3.05) is 0 Å². The number of hydrogen-bond donors (Lipinski definition) is 2. The maximum atomic E-state index is 12.6. The first-order chi connectivity index (χ1) is 12.4. The summed E-state index contributed by atoms with van der Waals surface area (Å²) in [5.41, 5.74) is 5.82. The first-order valence-electron chi connectivity index (χ1n) is 8.33. The van der Waals surface area contributed by atoms with E-state index in [-0.39, 0.29) is 23.1 Å². The van der Waals surface area contributed by atoms with Gasteiger partial charge in [-0.2, -0.15) is 0 Å². The quantitative estimate of drug-likeness (QED) is 0.614. The molecule has 2 atom stereocenters. The van der Waals surface area contributed by atoms with Gasteiger partial charge in [-0.15, -0.1) is 0 Å². The molecule has 7 heteroatoms. The molecular formula is C19H21N3O4. The molecule has 0 fully saturated rings. The third kappa shape index (κ3) is 4.66. The van der Waals surface area contributed by atoms with Crippen molar-refractivity contribution in [3.63, 3.8) is 0 Å². The standard InChI is InChI=1S/C19H21N3O4/c1-3-13(2)17(14-7-5-4-6-8-14)19(24)21-20-18(23)15-9-11-16(12-10-15)22(25)26/h4-13,17H,3H2,1-2H3,(H,20,23)(H,21,24). The van der Waals surface area contributed by atoms with E-state index in [1.54, 1.807) is 0 Å². The van der Waals surface area contributed by atoms with E-state index in [0.29, 0.717) is 0 Å². The van der Waals surface area contributed by atoms with Crippen LogP contribution in [-0.2, 0) is 4.79 Å². The van der Waals surface area contributed by atoms with E-state index in [2.05, 4.69) is 10.9 Å². The molecule has 0 saturated carbocycles. The normalized spacial score (nSPS) is 12.7. The van der Waals surface area contributed by atoms with Gasteiger partial charge >= 0.3 is 0 Å². The first-order valence-corrected chi connectivity index (χ1v) is 8.33. The average Bonchev–Trinajstić information content (AvgIpc) is 2.67. The molecule has 7 nitrogen and oxygen atoms in total. The second kappa shape index (κ2) is 8.75. The lowest BCUT2D eigenvalue weighted by molar-refractivity contribution is -0.384. The number of carbonyl (C=O) groups excluding carboxylic acids is 2. The number of carbonyl (C=O) groups is 2. The maximum absolute atomic E-state index is 12.6. The lowest BCUT2D eigenvalue weighted by Gasteiger charge is -2.22. The van der Waals surface area contributed by atoms with Crippen LogP contribution in [0.25, 0.3) is 0 Å². The summed E-state index contributed by atoms with van der Waals surface area (Å²) in [6.45, 7) is 3.98. The van der Waals surface area contributed by atoms with Gasteiger partial charge in [0.05, 0.1) is 10.8 Å². The molecular weight excluding hydrogens is 334 g/mol. The van der Waals surface area contributed by atoms with Crippen LogP contribution in [0.3, 0.4) is 0 Å². The molecule has 2 aromatic rings. The highest BCUT2D eigenvalue weighted by Crippen LogP contribution is 2.26. The molecule has 0 aliphatic rings. The van der Waals surface area contributed by atoms with Gasteiger partial charge in [0, 0.05) is 17.7 Å². The van der Waals surface area contributed by atoms with Gasteiger partial charge in [0.15, 0.2) is 0 Å². The van der Waals surface area contributed by atoms with Crippen LogP contribution in [0.4, 0.5) is 5.69 Å². The third-order valence-electron chi connectivity index (χ3n) is 4.29. The largest absolute Gasteiger partial charge is 0.273 e. The Hall–Kier alpha value is -3.22. The van der Waals surface area contributed by atoms with Gasteiger partial charge in [-0.05, 0) is 23.6 Å². The highest BCUT2D eigenvalue weighted by Gasteiger charge is 2.26. The van der Waals surface area contributed by atoms with Gasteiger partial charge in [-0.3, -0.25) is 30.6 Å². The molecule has 2 amide bonds. The summed E-state index contributed by atoms with van der Waals surface area (Å²) in [6.07, 6.45) is 0.809. The van der Waals surface area contributed by atoms with Crippen LogP contribution in [0.15, 0.2) is 54.6 Å². The summed E-state index contributed by atoms with van der Waals surface area (Å²) in [4.78, 5) is 34.8. The monoisotopic (exact) mass is 355 g/mol. The van der Waals surface area contributed by atoms with Gasteiger partial charge in [0.2, 0.25) is 5.91 Å². The number of nitrogens with zero attached hydrogens (tertiary/aromatic N) is 1. The molecule has 0 aliphatic carbocycles. The number of nitro groups is 1. The Kier molecular flexibility index (Phi) is 6.43. The predicted octanol–water partition coefficient (Wildman–Crippen LogP) is 3.19. The van der Waals surface area contributed by atoms with Crippen molar-refractivity contribution in [2.45, 2.75) is 26.2 Å². The van der Waals surface area contributed by atoms with Crippen LogP contribution < -0.4 is 10.9 Å². The fraction of sp³-hybridized carbons (Fsp3) is 0.263. The van der Waals surface area contributed by atoms with E-state index in [0.717, 1.165) is 12.0 Å². The summed E-state index contributed by atoms with van der Waals surface area (Å²) in [6, 6.07) is 14.5. The topological polar surface area (TPSA) is 101 Å². The van der Waals surface area contributed by atoms with E-state index in [1.165, 1.54) is 24.3 Å². The summed E-state index contributed by atoms with van der Waals surface area (Å²) in [5, 5.41) is 10.6. The van der Waals surface area contributed by atoms with Gasteiger partial charge in [-0.1, -0.05) is 50.6 Å². The predicted molar refractivity (Wildman–Crippen MR) is 97.3 cm³/mol. The molecule has 136 valence electrons. The van der Waals surface area contributed by atoms with Crippen molar-refractivity contribution in [3.05, 3.63) is 75.8 Å². The lowest BCUT2D eigenvalue weighted by Crippen LogP contribution is -2.45. The van der Waals surface area contributed by atoms with Crippen molar-refractivity contribution in [1.82, 2.24) is 10.9 Å². The highest BCUT2D eigenvalue weighted by atomic mass is 16.6. The molecule has 0 saturated heterocycles. The fourth-order valence-electron chi connectivity index (χ4n) is 2.64. The number of nitro benzene ring substituents is 1. The van der Waals surface area contributed by atoms with Crippen LogP contribution in [0, 0.1) is 16.0 Å². The van der Waals surface area contributed by atoms with Crippen molar-refractivity contribution in [1.29, 1.82) is 0 Å². The minimum absolute atomic E-state index is 0.0914. The van der Waals surface area contributed by atoms with Gasteiger partial charge in [0.1, 0.15) is 0 Å². The molecule has 0 radical (unpaired) electrons. The number of hydrazine groups is 1. The van der Waals surface area contributed by atoms with E-state index in [1.807, 2.05) is 44.2 Å². The minimum Gasteiger partial charge on any atom is -0.273 e. The zero-order valence-electron chi connectivity index (χ0n) is 14.6. The number of non-ortho nitro benzene ring substituents is 1. The second-order valence-electron chi connectivity index (χ2n) is 6.02. The highest BCUT2D eigenvalue weighted by molar-refractivity contribution is 5.96. The smallest absolute Gasteiger partial charge is 0.269 e. The Labute approximate surface area is 151 Å². The van der Waals surface area contributed by atoms with Crippen LogP contribution >= 0.6 is 0 Å². The van der Waals surface area contributed by atoms with Crippen molar-refractivity contribution in [3.8, 4) is 0 Å². The molecule has 2 N–H and O–H groups in total. The minimum atomic E-state index is -0.542. The van der Waals surface area contributed by atoms with Crippen LogP contribution in [0.5, 0.6) is 0 Å². The van der Waals surface area contributed by atoms with Gasteiger partial charge in [-0.25, -0.2) is 0 Å². The molecule has 2 rings (SSSR count). The van der Waals surface area contributed by atoms with Gasteiger partial charge in [0.25, 0.3) is 11.6 Å². The lowest BCUT2D eigenvalue weighted by atomic mass is 9.85. The molecule has 2 aromatic carbocycles. The van der Waals surface area contributed by atoms with Gasteiger partial charge < -0.3 is 0 Å². The van der Waals surface area contributed by atoms with E-state index >= 15 is 0 Å². The molecule has 0 heterocycles. The molecule has 0 aromatic heterocycles. The van der Waals surface area contributed by atoms with Crippen LogP contribution in [0.1, 0.15) is 42.1 Å². The van der Waals surface area contributed by atoms with Crippen LogP contribution in [-0.4, -0.2) is 16.7 Å². The number of benzene rings is 2. The van der Waals surface area contributed by atoms with E-state index in [9.17, 15) is 19.7 Å². The van der Waals surface area contributed by atoms with Crippen LogP contribution in [0.2, 0.25) is 0 Å². The Morgan fingerprint density at radius 3 is 2.19 bits per heavy atom. The SMILES string of the molecule is CCC(C)C(C(=O)NNC(=O)c1ccc([N+](=O)[O-])cc1)c1ccccc1. The Morgan fingerprint density at radius 2 is 1.65 bits per heavy atom. The van der Waals surface area contributed by atoms with Crippen molar-refractivity contribution < 1.29 is 14.5 Å². The van der Waals surface area contributed by atoms with E-state index < -0.39 is 16.7 Å². The Morgan fingerprint density at radius 1 is 1.04 bits per heavy atom. The number of hydrogen-bond acceptors (Lipinski definition) is 4. The zero-order chi connectivity index (χ0) is 19.1. The molecule has 0 spiro atoms. The second-order valence-corrected chi connectivity index (χ2v) is 6.02. The zero-order valence-corrected chi connectivity index (χ0v) is 14.6. The summed E-state index contributed by atoms with van der Waals surface area (Å²) >= 11 is 0. The molecule has 26 heavy (non-hydrogen) atoms. The van der Waals surface area contributed by atoms with E-state index in [4.69, 9.17) is 0 Å². The summed E-state index contributed by atoms with van der Waals surface area (Å²) in [5.74, 6) is -1.14. The molecule has 0 aliphatic heterocycles. The van der Waals surface area contributed by atoms with Crippen molar-refractivity contribution >= 4 is 17.5 Å².